The number of carbonyl (C=O) groups is 2. The van der Waals surface area contributed by atoms with Crippen LogP contribution in [0.15, 0.2) is 65.3 Å². The fourth-order valence-electron chi connectivity index (χ4n) is 1.72. The monoisotopic (exact) mass is 286 g/mol. The number of ether oxygens (including phenoxy) is 2. The molecule has 21 heavy (non-hydrogen) atoms. The molecule has 5 heteroatoms. The van der Waals surface area contributed by atoms with Gasteiger partial charge in [0.05, 0.1) is 13.4 Å². The summed E-state index contributed by atoms with van der Waals surface area (Å²) in [5, 5.41) is 0. The molecule has 0 radical (unpaired) electrons. The summed E-state index contributed by atoms with van der Waals surface area (Å²) in [6.07, 6.45) is 2.86. The van der Waals surface area contributed by atoms with Gasteiger partial charge in [0.2, 0.25) is 0 Å². The highest BCUT2D eigenvalue weighted by atomic mass is 16.6. The molecule has 5 nitrogen and oxygen atoms in total. The third-order valence-corrected chi connectivity index (χ3v) is 2.69. The Morgan fingerprint density at radius 3 is 2.38 bits per heavy atom. The van der Waals surface area contributed by atoms with Crippen LogP contribution in [0.3, 0.4) is 0 Å². The number of hydrogen-bond donors (Lipinski definition) is 0. The minimum absolute atomic E-state index is 0.501. The molecule has 0 aliphatic rings. The highest BCUT2D eigenvalue weighted by Crippen LogP contribution is 2.26. The van der Waals surface area contributed by atoms with Crippen molar-refractivity contribution in [3.8, 4) is 0 Å². The highest BCUT2D eigenvalue weighted by Gasteiger charge is 2.20. The molecule has 1 aromatic carbocycles. The van der Waals surface area contributed by atoms with E-state index >= 15 is 0 Å². The second-order valence-corrected chi connectivity index (χ2v) is 4.10. The number of esters is 2. The number of hydrogen-bond acceptors (Lipinski definition) is 5. The number of benzene rings is 1. The molecule has 1 aromatic heterocycles. The van der Waals surface area contributed by atoms with E-state index in [2.05, 4.69) is 4.74 Å². The average Bonchev–Trinajstić information content (AvgIpc) is 3.05. The van der Waals surface area contributed by atoms with Crippen molar-refractivity contribution in [3.63, 3.8) is 0 Å². The quantitative estimate of drug-likeness (QED) is 0.624. The number of methoxy groups -OCH3 is 1. The predicted molar refractivity (Wildman–Crippen MR) is 74.2 cm³/mol. The van der Waals surface area contributed by atoms with Crippen molar-refractivity contribution in [2.75, 3.05) is 7.11 Å². The predicted octanol–water partition coefficient (Wildman–Crippen LogP) is 2.64. The van der Waals surface area contributed by atoms with Crippen LogP contribution in [0.1, 0.15) is 17.4 Å². The van der Waals surface area contributed by atoms with E-state index in [1.807, 2.05) is 30.3 Å². The zero-order valence-electron chi connectivity index (χ0n) is 11.4. The van der Waals surface area contributed by atoms with E-state index < -0.39 is 18.0 Å². The summed E-state index contributed by atoms with van der Waals surface area (Å²) in [5.74, 6) is -0.784. The Kier molecular flexibility index (Phi) is 4.93. The lowest BCUT2D eigenvalue weighted by Crippen LogP contribution is -2.10. The summed E-state index contributed by atoms with van der Waals surface area (Å²) in [6, 6.07) is 12.6. The van der Waals surface area contributed by atoms with Gasteiger partial charge in [-0.05, 0) is 12.1 Å². The summed E-state index contributed by atoms with van der Waals surface area (Å²) < 4.78 is 15.1. The highest BCUT2D eigenvalue weighted by molar-refractivity contribution is 5.91. The van der Waals surface area contributed by atoms with Crippen LogP contribution in [-0.4, -0.2) is 19.0 Å². The maximum absolute atomic E-state index is 11.8. The van der Waals surface area contributed by atoms with Crippen LogP contribution in [0, 0.1) is 0 Å². The molecule has 2 rings (SSSR count). The molecule has 1 heterocycles. The van der Waals surface area contributed by atoms with Gasteiger partial charge in [0.1, 0.15) is 5.76 Å². The van der Waals surface area contributed by atoms with Crippen LogP contribution in [0.5, 0.6) is 0 Å². The maximum atomic E-state index is 11.8. The lowest BCUT2D eigenvalue weighted by Gasteiger charge is -2.15. The fourth-order valence-corrected chi connectivity index (χ4v) is 1.72. The Hall–Kier alpha value is -2.82. The summed E-state index contributed by atoms with van der Waals surface area (Å²) in [7, 11) is 1.23. The van der Waals surface area contributed by atoms with Crippen molar-refractivity contribution in [1.82, 2.24) is 0 Å². The second kappa shape index (κ2) is 7.09. The van der Waals surface area contributed by atoms with Crippen LogP contribution >= 0.6 is 0 Å². The number of carbonyl (C=O) groups excluding carboxylic acids is 2. The first-order valence-electron chi connectivity index (χ1n) is 6.25. The third kappa shape index (κ3) is 4.07. The van der Waals surface area contributed by atoms with Gasteiger partial charge in [0, 0.05) is 17.7 Å². The molecule has 2 aromatic rings. The lowest BCUT2D eigenvalue weighted by atomic mass is 10.1. The van der Waals surface area contributed by atoms with Crippen molar-refractivity contribution in [2.45, 2.75) is 6.10 Å². The second-order valence-electron chi connectivity index (χ2n) is 4.10. The Morgan fingerprint density at radius 1 is 1.05 bits per heavy atom. The van der Waals surface area contributed by atoms with Gasteiger partial charge in [0.25, 0.3) is 0 Å². The van der Waals surface area contributed by atoms with Crippen molar-refractivity contribution in [3.05, 3.63) is 72.2 Å². The van der Waals surface area contributed by atoms with Crippen LogP contribution < -0.4 is 0 Å². The first kappa shape index (κ1) is 14.6. The maximum Gasteiger partial charge on any atom is 0.332 e. The van der Waals surface area contributed by atoms with Crippen molar-refractivity contribution in [2.24, 2.45) is 0 Å². The van der Waals surface area contributed by atoms with Crippen molar-refractivity contribution < 1.29 is 23.5 Å². The van der Waals surface area contributed by atoms with Gasteiger partial charge in [-0.25, -0.2) is 9.59 Å². The van der Waals surface area contributed by atoms with E-state index in [1.165, 1.54) is 13.4 Å². The van der Waals surface area contributed by atoms with Crippen LogP contribution in [0.2, 0.25) is 0 Å². The van der Waals surface area contributed by atoms with E-state index in [0.717, 1.165) is 17.7 Å². The summed E-state index contributed by atoms with van der Waals surface area (Å²) in [4.78, 5) is 22.7. The van der Waals surface area contributed by atoms with Gasteiger partial charge >= 0.3 is 11.9 Å². The molecular weight excluding hydrogens is 272 g/mol. The third-order valence-electron chi connectivity index (χ3n) is 2.69. The van der Waals surface area contributed by atoms with E-state index in [4.69, 9.17) is 9.15 Å². The molecule has 0 N–H and O–H groups in total. The standard InChI is InChI=1S/C16H14O5/c1-19-14(17)9-10-15(18)21-16(13-8-5-11-20-13)12-6-3-2-4-7-12/h2-11,16H,1H3/b10-9+/t16-/m1/s1. The van der Waals surface area contributed by atoms with Gasteiger partial charge in [-0.1, -0.05) is 30.3 Å². The zero-order chi connectivity index (χ0) is 15.1. The molecule has 108 valence electrons. The Balaban J connectivity index is 2.16. The van der Waals surface area contributed by atoms with Crippen molar-refractivity contribution in [1.29, 1.82) is 0 Å². The van der Waals surface area contributed by atoms with E-state index in [-0.39, 0.29) is 0 Å². The molecular formula is C16H14O5. The van der Waals surface area contributed by atoms with Crippen molar-refractivity contribution >= 4 is 11.9 Å². The molecule has 0 saturated carbocycles. The molecule has 0 aliphatic carbocycles. The molecule has 1 atom stereocenters. The van der Waals surface area contributed by atoms with Gasteiger partial charge < -0.3 is 13.9 Å². The van der Waals surface area contributed by atoms with Gasteiger partial charge in [-0.15, -0.1) is 0 Å². The molecule has 0 saturated heterocycles. The first-order valence-corrected chi connectivity index (χ1v) is 6.25. The topological polar surface area (TPSA) is 65.7 Å². The largest absolute Gasteiger partial charge is 0.466 e. The molecule has 0 aliphatic heterocycles. The van der Waals surface area contributed by atoms with Crippen LogP contribution in [0.4, 0.5) is 0 Å². The molecule has 0 unspecified atom stereocenters. The summed E-state index contributed by atoms with van der Waals surface area (Å²) in [5.41, 5.74) is 0.771. The summed E-state index contributed by atoms with van der Waals surface area (Å²) >= 11 is 0. The summed E-state index contributed by atoms with van der Waals surface area (Å²) in [6.45, 7) is 0. The van der Waals surface area contributed by atoms with Crippen LogP contribution in [-0.2, 0) is 19.1 Å². The van der Waals surface area contributed by atoms with Gasteiger partial charge in [-0.2, -0.15) is 0 Å². The first-order chi connectivity index (χ1) is 10.2. The minimum Gasteiger partial charge on any atom is -0.466 e. The molecule has 0 bridgehead atoms. The Bertz CT molecular complexity index is 613. The van der Waals surface area contributed by atoms with Gasteiger partial charge in [0.15, 0.2) is 6.10 Å². The average molecular weight is 286 g/mol. The molecule has 0 fully saturated rings. The number of rotatable bonds is 5. The number of furan rings is 1. The zero-order valence-corrected chi connectivity index (χ0v) is 11.4. The van der Waals surface area contributed by atoms with Gasteiger partial charge in [-0.3, -0.25) is 0 Å². The SMILES string of the molecule is COC(=O)/C=C/C(=O)O[C@H](c1ccccc1)c1ccco1. The minimum atomic E-state index is -0.670. The Morgan fingerprint density at radius 2 is 1.76 bits per heavy atom. The normalized spacial score (nSPS) is 12.0. The Labute approximate surface area is 121 Å². The van der Waals surface area contributed by atoms with E-state index in [0.29, 0.717) is 5.76 Å². The van der Waals surface area contributed by atoms with Crippen LogP contribution in [0.25, 0.3) is 0 Å². The van der Waals surface area contributed by atoms with E-state index in [9.17, 15) is 9.59 Å². The smallest absolute Gasteiger partial charge is 0.332 e. The molecule has 0 amide bonds. The molecule has 0 spiro atoms. The lowest BCUT2D eigenvalue weighted by molar-refractivity contribution is -0.143. The fraction of sp³-hybridized carbons (Fsp3) is 0.125. The van der Waals surface area contributed by atoms with E-state index in [1.54, 1.807) is 12.1 Å².